The molecule has 0 bridgehead atoms. The average Bonchev–Trinajstić information content (AvgIpc) is 2.63. The SMILES string of the molecule is CNc1nc(Cc2ccccc2F)c(Br)s1. The van der Waals surface area contributed by atoms with Gasteiger partial charge in [0.05, 0.1) is 9.48 Å². The van der Waals surface area contributed by atoms with Crippen molar-refractivity contribution in [1.82, 2.24) is 4.98 Å². The van der Waals surface area contributed by atoms with Gasteiger partial charge in [-0.05, 0) is 27.6 Å². The number of thiazole rings is 1. The van der Waals surface area contributed by atoms with Crippen LogP contribution in [0.1, 0.15) is 11.3 Å². The Labute approximate surface area is 106 Å². The smallest absolute Gasteiger partial charge is 0.183 e. The molecule has 16 heavy (non-hydrogen) atoms. The van der Waals surface area contributed by atoms with Crippen LogP contribution in [0, 0.1) is 5.82 Å². The maximum Gasteiger partial charge on any atom is 0.183 e. The van der Waals surface area contributed by atoms with Crippen molar-refractivity contribution >= 4 is 32.4 Å². The highest BCUT2D eigenvalue weighted by molar-refractivity contribution is 9.11. The summed E-state index contributed by atoms with van der Waals surface area (Å²) >= 11 is 4.95. The van der Waals surface area contributed by atoms with Gasteiger partial charge in [-0.2, -0.15) is 0 Å². The third kappa shape index (κ3) is 2.41. The van der Waals surface area contributed by atoms with Crippen LogP contribution in [0.5, 0.6) is 0 Å². The fraction of sp³-hybridized carbons (Fsp3) is 0.182. The standard InChI is InChI=1S/C11H10BrFN2S/c1-14-11-15-9(10(12)16-11)6-7-4-2-3-5-8(7)13/h2-5H,6H2,1H3,(H,14,15). The number of halogens is 2. The summed E-state index contributed by atoms with van der Waals surface area (Å²) in [7, 11) is 1.82. The number of hydrogen-bond acceptors (Lipinski definition) is 3. The molecule has 0 spiro atoms. The van der Waals surface area contributed by atoms with Crippen LogP contribution in [0.25, 0.3) is 0 Å². The fourth-order valence-corrected chi connectivity index (χ4v) is 2.72. The minimum absolute atomic E-state index is 0.187. The molecule has 2 nitrogen and oxygen atoms in total. The van der Waals surface area contributed by atoms with Crippen molar-refractivity contribution in [3.05, 3.63) is 45.1 Å². The summed E-state index contributed by atoms with van der Waals surface area (Å²) in [6.07, 6.45) is 0.505. The van der Waals surface area contributed by atoms with E-state index in [0.717, 1.165) is 14.6 Å². The second-order valence-corrected chi connectivity index (χ2v) is 5.57. The Balaban J connectivity index is 2.27. The van der Waals surface area contributed by atoms with E-state index in [4.69, 9.17) is 0 Å². The number of aromatic nitrogens is 1. The topological polar surface area (TPSA) is 24.9 Å². The summed E-state index contributed by atoms with van der Waals surface area (Å²) in [6.45, 7) is 0. The molecule has 5 heteroatoms. The molecule has 0 amide bonds. The van der Waals surface area contributed by atoms with E-state index in [9.17, 15) is 4.39 Å². The first-order valence-electron chi connectivity index (χ1n) is 4.77. The summed E-state index contributed by atoms with van der Waals surface area (Å²) in [6, 6.07) is 6.76. The van der Waals surface area contributed by atoms with Crippen molar-refractivity contribution in [2.24, 2.45) is 0 Å². The predicted molar refractivity (Wildman–Crippen MR) is 68.6 cm³/mol. The molecule has 0 aliphatic carbocycles. The summed E-state index contributed by atoms with van der Waals surface area (Å²) in [4.78, 5) is 4.36. The lowest BCUT2D eigenvalue weighted by Crippen LogP contribution is -1.94. The van der Waals surface area contributed by atoms with Crippen LogP contribution < -0.4 is 5.32 Å². The van der Waals surface area contributed by atoms with Crippen LogP contribution in [0.2, 0.25) is 0 Å². The molecule has 0 atom stereocenters. The maximum atomic E-state index is 13.4. The van der Waals surface area contributed by atoms with Crippen molar-refractivity contribution in [1.29, 1.82) is 0 Å². The highest BCUT2D eigenvalue weighted by atomic mass is 79.9. The molecule has 0 aliphatic rings. The Kier molecular flexibility index (Phi) is 3.56. The molecule has 1 heterocycles. The van der Waals surface area contributed by atoms with Crippen molar-refractivity contribution in [3.8, 4) is 0 Å². The van der Waals surface area contributed by atoms with Gasteiger partial charge in [-0.1, -0.05) is 29.5 Å². The van der Waals surface area contributed by atoms with Crippen molar-refractivity contribution in [3.63, 3.8) is 0 Å². The Bertz CT molecular complexity index is 498. The van der Waals surface area contributed by atoms with Gasteiger partial charge in [-0.3, -0.25) is 0 Å². The number of hydrogen-bond donors (Lipinski definition) is 1. The van der Waals surface area contributed by atoms with Gasteiger partial charge >= 0.3 is 0 Å². The van der Waals surface area contributed by atoms with E-state index >= 15 is 0 Å². The normalized spacial score (nSPS) is 10.4. The molecule has 1 aromatic heterocycles. The second-order valence-electron chi connectivity index (χ2n) is 3.26. The first kappa shape index (κ1) is 11.5. The summed E-state index contributed by atoms with van der Waals surface area (Å²) in [5, 5.41) is 3.80. The van der Waals surface area contributed by atoms with Gasteiger partial charge in [0.2, 0.25) is 0 Å². The molecule has 2 aromatic rings. The zero-order chi connectivity index (χ0) is 11.5. The van der Waals surface area contributed by atoms with E-state index in [1.165, 1.54) is 17.4 Å². The van der Waals surface area contributed by atoms with Gasteiger partial charge in [-0.25, -0.2) is 9.37 Å². The Hall–Kier alpha value is -0.940. The molecule has 0 fully saturated rings. The molecule has 2 rings (SSSR count). The zero-order valence-corrected chi connectivity index (χ0v) is 11.0. The number of rotatable bonds is 3. The Morgan fingerprint density at radius 3 is 2.81 bits per heavy atom. The van der Waals surface area contributed by atoms with E-state index in [1.54, 1.807) is 12.1 Å². The minimum Gasteiger partial charge on any atom is -0.365 e. The van der Waals surface area contributed by atoms with Crippen LogP contribution in [0.4, 0.5) is 9.52 Å². The first-order chi connectivity index (χ1) is 7.70. The molecule has 84 valence electrons. The van der Waals surface area contributed by atoms with Gasteiger partial charge in [0.1, 0.15) is 5.82 Å². The Morgan fingerprint density at radius 1 is 1.44 bits per heavy atom. The van der Waals surface area contributed by atoms with Gasteiger partial charge in [0.25, 0.3) is 0 Å². The molecule has 0 unspecified atom stereocenters. The largest absolute Gasteiger partial charge is 0.365 e. The van der Waals surface area contributed by atoms with Gasteiger partial charge in [0.15, 0.2) is 5.13 Å². The lowest BCUT2D eigenvalue weighted by Gasteiger charge is -2.00. The minimum atomic E-state index is -0.187. The number of nitrogens with zero attached hydrogens (tertiary/aromatic N) is 1. The second kappa shape index (κ2) is 4.93. The number of anilines is 1. The van der Waals surface area contributed by atoms with E-state index in [0.29, 0.717) is 12.0 Å². The van der Waals surface area contributed by atoms with Crippen LogP contribution in [0.15, 0.2) is 28.1 Å². The van der Waals surface area contributed by atoms with Gasteiger partial charge in [0, 0.05) is 13.5 Å². The summed E-state index contributed by atoms with van der Waals surface area (Å²) < 4.78 is 14.4. The third-order valence-electron chi connectivity index (χ3n) is 2.18. The third-order valence-corrected chi connectivity index (χ3v) is 4.03. The van der Waals surface area contributed by atoms with Gasteiger partial charge < -0.3 is 5.32 Å². The molecule has 0 saturated carbocycles. The predicted octanol–water partition coefficient (Wildman–Crippen LogP) is 3.68. The molecular formula is C11H10BrFN2S. The van der Waals surface area contributed by atoms with Crippen LogP contribution in [-0.4, -0.2) is 12.0 Å². The summed E-state index contributed by atoms with van der Waals surface area (Å²) in [5.74, 6) is -0.187. The monoisotopic (exact) mass is 300 g/mol. The number of nitrogens with one attached hydrogen (secondary N) is 1. The average molecular weight is 301 g/mol. The first-order valence-corrected chi connectivity index (χ1v) is 6.38. The lowest BCUT2D eigenvalue weighted by molar-refractivity contribution is 0.613. The quantitative estimate of drug-likeness (QED) is 0.935. The highest BCUT2D eigenvalue weighted by Crippen LogP contribution is 2.30. The molecular weight excluding hydrogens is 291 g/mol. The highest BCUT2D eigenvalue weighted by Gasteiger charge is 2.10. The van der Waals surface area contributed by atoms with Crippen LogP contribution in [0.3, 0.4) is 0 Å². The van der Waals surface area contributed by atoms with Crippen LogP contribution >= 0.6 is 27.3 Å². The van der Waals surface area contributed by atoms with Crippen LogP contribution in [-0.2, 0) is 6.42 Å². The summed E-state index contributed by atoms with van der Waals surface area (Å²) in [5.41, 5.74) is 1.52. The zero-order valence-electron chi connectivity index (χ0n) is 8.63. The molecule has 0 aliphatic heterocycles. The Morgan fingerprint density at radius 2 is 2.19 bits per heavy atom. The molecule has 0 radical (unpaired) electrons. The molecule has 1 N–H and O–H groups in total. The maximum absolute atomic E-state index is 13.4. The van der Waals surface area contributed by atoms with E-state index < -0.39 is 0 Å². The molecule has 0 saturated heterocycles. The van der Waals surface area contributed by atoms with Crippen molar-refractivity contribution in [2.45, 2.75) is 6.42 Å². The van der Waals surface area contributed by atoms with E-state index in [-0.39, 0.29) is 5.82 Å². The molecule has 1 aromatic carbocycles. The van der Waals surface area contributed by atoms with E-state index in [2.05, 4.69) is 26.2 Å². The van der Waals surface area contributed by atoms with Crippen molar-refractivity contribution < 1.29 is 4.39 Å². The number of benzene rings is 1. The van der Waals surface area contributed by atoms with E-state index in [1.807, 2.05) is 13.1 Å². The lowest BCUT2D eigenvalue weighted by atomic mass is 10.1. The van der Waals surface area contributed by atoms with Crippen molar-refractivity contribution in [2.75, 3.05) is 12.4 Å². The van der Waals surface area contributed by atoms with Gasteiger partial charge in [-0.15, -0.1) is 0 Å². The fourth-order valence-electron chi connectivity index (χ4n) is 1.37.